The van der Waals surface area contributed by atoms with E-state index in [4.69, 9.17) is 59.3 Å². The van der Waals surface area contributed by atoms with E-state index in [-0.39, 0.29) is 89.7 Å². The zero-order chi connectivity index (χ0) is 101. The van der Waals surface area contributed by atoms with Crippen molar-refractivity contribution in [2.45, 2.75) is 197 Å². The van der Waals surface area contributed by atoms with Crippen LogP contribution in [-0.4, -0.2) is 218 Å². The first kappa shape index (κ1) is 93.0. The molecule has 149 heavy (non-hydrogen) atoms. The van der Waals surface area contributed by atoms with Crippen LogP contribution < -0.4 is 38.5 Å². The molecule has 34 nitrogen and oxygen atoms in total. The van der Waals surface area contributed by atoms with Gasteiger partial charge in [-0.1, -0.05) is 110 Å². The van der Waals surface area contributed by atoms with Crippen molar-refractivity contribution in [1.29, 1.82) is 0 Å². The summed E-state index contributed by atoms with van der Waals surface area (Å²) in [6, 6.07) is 71.0. The summed E-state index contributed by atoms with van der Waals surface area (Å²) < 4.78 is 63.4. The molecule has 0 unspecified atom stereocenters. The van der Waals surface area contributed by atoms with Crippen LogP contribution in [0, 0.1) is 18.6 Å². The number of benzene rings is 7. The molecule has 5 aliphatic carbocycles. The number of pyridine rings is 2. The number of nitrogens with zero attached hydrogens (tertiary/aromatic N) is 26. The number of anilines is 4. The molecule has 15 aromatic rings. The number of halogens is 2. The Morgan fingerprint density at radius 2 is 0.664 bits per heavy atom. The van der Waals surface area contributed by atoms with Crippen molar-refractivity contribution in [3.05, 3.63) is 317 Å². The summed E-state index contributed by atoms with van der Waals surface area (Å²) in [5.74, 6) is 7.07. The highest BCUT2D eigenvalue weighted by atomic mass is 19.1. The van der Waals surface area contributed by atoms with Crippen molar-refractivity contribution in [1.82, 2.24) is 88.3 Å². The molecule has 752 valence electrons. The third kappa shape index (κ3) is 17.3. The van der Waals surface area contributed by atoms with Crippen LogP contribution in [0.1, 0.15) is 179 Å². The number of hydrogen-bond donors (Lipinski definition) is 0. The highest BCUT2D eigenvalue weighted by Gasteiger charge is 2.55. The molecule has 36 heteroatoms. The molecule has 5 saturated carbocycles. The maximum atomic E-state index is 13.7. The maximum absolute atomic E-state index is 13.7. The number of carbonyl (C=O) groups is 4. The van der Waals surface area contributed by atoms with Crippen molar-refractivity contribution in [2.75, 3.05) is 47.8 Å². The minimum atomic E-state index is -0.360. The van der Waals surface area contributed by atoms with E-state index >= 15 is 0 Å². The minimum absolute atomic E-state index is 0.0760. The second-order valence-corrected chi connectivity index (χ2v) is 40.0. The average Bonchev–Trinajstić information content (AvgIpc) is 1.57. The smallest absolute Gasteiger partial charge is 0.269 e. The number of aliphatic imine (C=N–C) groups is 4. The summed E-state index contributed by atoms with van der Waals surface area (Å²) in [5.41, 5.74) is 12.9. The van der Waals surface area contributed by atoms with Gasteiger partial charge in [-0.15, -0.1) is 0 Å². The van der Waals surface area contributed by atoms with Gasteiger partial charge in [0.2, 0.25) is 47.4 Å². The van der Waals surface area contributed by atoms with Gasteiger partial charge >= 0.3 is 0 Å². The molecule has 13 aliphatic rings. The minimum Gasteiger partial charge on any atom is -0.474 e. The number of guanidine groups is 4. The van der Waals surface area contributed by atoms with Gasteiger partial charge in [0.15, 0.2) is 23.3 Å². The van der Waals surface area contributed by atoms with Gasteiger partial charge in [-0.25, -0.2) is 56.8 Å². The number of rotatable bonds is 20. The predicted octanol–water partition coefficient (Wildman–Crippen LogP) is 18.6. The number of ether oxygens (including phenoxy) is 4. The summed E-state index contributed by atoms with van der Waals surface area (Å²) in [5, 5.41) is 28.5. The first-order valence-electron chi connectivity index (χ1n) is 51.4. The van der Waals surface area contributed by atoms with Crippen molar-refractivity contribution < 1.29 is 46.9 Å². The van der Waals surface area contributed by atoms with E-state index in [1.165, 1.54) is 30.7 Å². The van der Waals surface area contributed by atoms with Gasteiger partial charge < -0.3 is 18.9 Å². The Kier molecular flexibility index (Phi) is 24.2. The van der Waals surface area contributed by atoms with Gasteiger partial charge in [0.25, 0.3) is 23.6 Å². The quantitative estimate of drug-likeness (QED) is 0.0684. The maximum Gasteiger partial charge on any atom is 0.269 e. The largest absolute Gasteiger partial charge is 0.474 e. The molecular weight excluding hydrogens is 1890 g/mol. The normalized spacial score (nSPS) is 20.7. The van der Waals surface area contributed by atoms with E-state index in [0.717, 1.165) is 171 Å². The summed E-state index contributed by atoms with van der Waals surface area (Å²) in [4.78, 5) is 98.3. The molecule has 28 rings (SSSR count). The lowest BCUT2D eigenvalue weighted by atomic mass is 9.98. The first-order valence-corrected chi connectivity index (χ1v) is 51.4. The fourth-order valence-corrected chi connectivity index (χ4v) is 23.0. The Morgan fingerprint density at radius 1 is 0.322 bits per heavy atom. The Bertz CT molecular complexity index is 7740. The second-order valence-electron chi connectivity index (χ2n) is 40.0. The number of fused-ring (bicyclic) bond motifs is 20. The SMILES string of the molecule is CN1C(=O)c2c(nn(Cc3ccc(-c4ccccn4)cc3)c2Oc2ccc(F)cc2)N2C1=N[C@@H]1CCC[C@@H]12.CN1C(=O)c2c(nn(Cc3ccc(-n4cccn4)cc3)c2Oc2ccc(F)cc2)N2C1=N[C@@H]1CCC[C@@H]12.CN1C(=O)c2c(nn(Cc3ccc(-n4cccn4)cc3)c2Oc2ccccc2)N2C1=N[C@@H]1CCC[C@@H]12.Cc1cccc(-c2ccc(Cn3nc4c(c3OC3CCCCC3)C(=O)N(C)C3=N[C@@H]5CCC[C@@H]5N34)cc2)n1. The molecule has 0 saturated heterocycles. The Labute approximate surface area is 857 Å². The molecule has 4 amide bonds. The molecular formula is C113H108F2N26O8. The van der Waals surface area contributed by atoms with Crippen LogP contribution in [0.4, 0.5) is 32.1 Å². The molecule has 8 atom stereocenters. The standard InChI is InChI=1S/C30H34N6O2.C29H25FN6O2.C27H24FN7O2.C27H25N7O2/c1-19-8-6-11-23(31-19)21-16-14-20(15-17-21)18-35-29(38-22-9-4-3-5-10-22)26-27(33-35)36-25-13-7-12-24(25)32-30(36)34(2)28(26)37;1-34-27(37)25-26(36-24-7-4-6-23(24)32-29(34)36)33-35(28(25)38-21-14-12-20(30)13-15-21)17-18-8-10-19(11-9-18)22-5-2-3-16-31-22;1-32-25(36)23-24(35-22-5-2-4-21(22)30-27(32)35)31-34(26(23)37-20-12-8-18(28)9-13-20)16-17-6-10-19(11-7-17)33-15-3-14-29-33;1-31-25(35)23-24(34-22-10-5-9-21(22)29-27(31)34)30-33(26(23)36-20-7-3-2-4-8-20)17-18-11-13-19(14-12-18)32-16-6-15-28-32/h6,8,11,14-17,22,24-25H,3-5,7,9-10,12-13,18H2,1-2H3;2-3,5,8-16,23-24H,4,6-7,17H2,1H3;3,6-15,21-22H,2,4-5,16H2,1H3;2-4,6-8,11-16,21-22H,5,9-10,17H2,1H3/t24-,25+;23-,24+;2*21-,22+/m1111/s1. The first-order chi connectivity index (χ1) is 72.9. The molecule has 0 N–H and O–H groups in total. The van der Waals surface area contributed by atoms with Crippen molar-refractivity contribution in [2.24, 2.45) is 20.0 Å². The molecule has 16 heterocycles. The molecule has 0 bridgehead atoms. The van der Waals surface area contributed by atoms with E-state index in [0.29, 0.717) is 130 Å². The van der Waals surface area contributed by atoms with Crippen LogP contribution in [0.25, 0.3) is 33.9 Å². The number of amides is 4. The second kappa shape index (κ2) is 38.7. The molecule has 8 aromatic heterocycles. The Morgan fingerprint density at radius 3 is 1.02 bits per heavy atom. The topological polar surface area (TPSA) is 313 Å². The van der Waals surface area contributed by atoms with Crippen LogP contribution in [0.2, 0.25) is 0 Å². The summed E-state index contributed by atoms with van der Waals surface area (Å²) in [7, 11) is 7.10. The van der Waals surface area contributed by atoms with E-state index in [1.54, 1.807) is 102 Å². The Hall–Kier alpha value is -17.1. The van der Waals surface area contributed by atoms with Gasteiger partial charge in [0.05, 0.1) is 97.3 Å². The van der Waals surface area contributed by atoms with Crippen LogP contribution in [-0.2, 0) is 26.2 Å². The summed E-state index contributed by atoms with van der Waals surface area (Å²) in [6.07, 6.45) is 27.5. The summed E-state index contributed by atoms with van der Waals surface area (Å²) in [6.45, 7) is 3.77. The molecule has 5 fully saturated rings. The molecule has 7 aromatic carbocycles. The lowest BCUT2D eigenvalue weighted by molar-refractivity contribution is 0.0843. The van der Waals surface area contributed by atoms with Crippen LogP contribution in [0.3, 0.4) is 0 Å². The van der Waals surface area contributed by atoms with Gasteiger partial charge in [0, 0.05) is 76.0 Å². The van der Waals surface area contributed by atoms with Crippen molar-refractivity contribution in [3.8, 4) is 74.7 Å². The van der Waals surface area contributed by atoms with Crippen molar-refractivity contribution in [3.63, 3.8) is 0 Å². The van der Waals surface area contributed by atoms with Gasteiger partial charge in [-0.3, -0.25) is 68.3 Å². The lowest BCUT2D eigenvalue weighted by Gasteiger charge is -2.34. The highest BCUT2D eigenvalue weighted by Crippen LogP contribution is 2.51. The number of aryl methyl sites for hydroxylation is 1. The average molecular weight is 2000 g/mol. The zero-order valence-corrected chi connectivity index (χ0v) is 82.9. The van der Waals surface area contributed by atoms with Crippen molar-refractivity contribution >= 4 is 70.7 Å². The van der Waals surface area contributed by atoms with Crippen LogP contribution >= 0.6 is 0 Å². The number of para-hydroxylation sites is 1. The fourth-order valence-electron chi connectivity index (χ4n) is 23.0. The lowest BCUT2D eigenvalue weighted by Crippen LogP contribution is -2.51. The molecule has 8 aliphatic heterocycles. The summed E-state index contributed by atoms with van der Waals surface area (Å²) >= 11 is 0. The number of aromatic nitrogens is 14. The predicted molar refractivity (Wildman–Crippen MR) is 557 cm³/mol. The third-order valence-electron chi connectivity index (χ3n) is 30.5. The van der Waals surface area contributed by atoms with E-state index in [9.17, 15) is 28.0 Å². The van der Waals surface area contributed by atoms with Crippen LogP contribution in [0.5, 0.6) is 40.8 Å². The highest BCUT2D eigenvalue weighted by molar-refractivity contribution is 6.23. The fraction of sp³-hybridized carbons (Fsp3) is 0.310. The third-order valence-corrected chi connectivity index (χ3v) is 30.5. The van der Waals surface area contributed by atoms with E-state index in [1.807, 2.05) is 187 Å². The van der Waals surface area contributed by atoms with E-state index < -0.39 is 0 Å². The van der Waals surface area contributed by atoms with Gasteiger partial charge in [-0.05, 0) is 253 Å². The molecule has 0 radical (unpaired) electrons. The zero-order valence-electron chi connectivity index (χ0n) is 82.9. The van der Waals surface area contributed by atoms with Crippen LogP contribution in [0.15, 0.2) is 275 Å². The molecule has 0 spiro atoms. The van der Waals surface area contributed by atoms with E-state index in [2.05, 4.69) is 64.0 Å². The van der Waals surface area contributed by atoms with Gasteiger partial charge in [-0.2, -0.15) is 30.6 Å². The Balaban J connectivity index is 0.000000103. The number of hydrogen-bond acceptors (Lipinski definition) is 24. The number of carbonyl (C=O) groups excluding carboxylic acids is 4. The monoisotopic (exact) mass is 1990 g/mol. The van der Waals surface area contributed by atoms with Gasteiger partial charge in [0.1, 0.15) is 57.2 Å².